The molecule has 0 aliphatic rings. The van der Waals surface area contributed by atoms with E-state index >= 15 is 0 Å². The van der Waals surface area contributed by atoms with Gasteiger partial charge in [0, 0.05) is 5.75 Å². The van der Waals surface area contributed by atoms with Crippen LogP contribution in [0.15, 0.2) is 35.5 Å². The van der Waals surface area contributed by atoms with Crippen LogP contribution in [-0.4, -0.2) is 32.0 Å². The van der Waals surface area contributed by atoms with Gasteiger partial charge in [-0.25, -0.2) is 4.98 Å². The first kappa shape index (κ1) is 13.4. The van der Waals surface area contributed by atoms with Crippen molar-refractivity contribution >= 4 is 17.7 Å². The Labute approximate surface area is 114 Å². The third kappa shape index (κ3) is 4.63. The van der Waals surface area contributed by atoms with Crippen LogP contribution >= 0.6 is 11.8 Å². The maximum atomic E-state index is 10.4. The molecule has 1 aromatic heterocycles. The summed E-state index contributed by atoms with van der Waals surface area (Å²) >= 11 is 1.30. The van der Waals surface area contributed by atoms with Gasteiger partial charge in [0.15, 0.2) is 5.82 Å². The number of nitrogens with zero attached hydrogens (tertiary/aromatic N) is 2. The molecular weight excluding hydrogens is 266 g/mol. The Balaban J connectivity index is 1.79. The number of carboxylic acids is 1. The first-order valence-corrected chi connectivity index (χ1v) is 6.66. The van der Waals surface area contributed by atoms with Crippen LogP contribution in [0.3, 0.4) is 0 Å². The average Bonchev–Trinajstić information content (AvgIpc) is 2.85. The Morgan fingerprint density at radius 2 is 2.16 bits per heavy atom. The van der Waals surface area contributed by atoms with E-state index in [1.54, 1.807) is 0 Å². The summed E-state index contributed by atoms with van der Waals surface area (Å²) < 4.78 is 5.51. The fraction of sp³-hybridized carbons (Fsp3) is 0.250. The predicted molar refractivity (Wildman–Crippen MR) is 70.1 cm³/mol. The monoisotopic (exact) mass is 279 g/mol. The van der Waals surface area contributed by atoms with Crippen molar-refractivity contribution in [3.63, 3.8) is 0 Å². The Morgan fingerprint density at radius 3 is 2.89 bits per heavy atom. The zero-order valence-electron chi connectivity index (χ0n) is 10.1. The largest absolute Gasteiger partial charge is 0.486 e. The zero-order chi connectivity index (χ0) is 13.5. The van der Waals surface area contributed by atoms with Crippen LogP contribution in [0.4, 0.5) is 0 Å². The van der Waals surface area contributed by atoms with Gasteiger partial charge in [0.1, 0.15) is 12.4 Å². The fourth-order valence-electron chi connectivity index (χ4n) is 1.30. The van der Waals surface area contributed by atoms with Gasteiger partial charge in [-0.05, 0) is 12.1 Å². The molecule has 0 aliphatic heterocycles. The summed E-state index contributed by atoms with van der Waals surface area (Å²) in [4.78, 5) is 14.6. The lowest BCUT2D eigenvalue weighted by Crippen LogP contribution is -1.97. The van der Waals surface area contributed by atoms with Crippen LogP contribution in [0.25, 0.3) is 0 Å². The first-order chi connectivity index (χ1) is 9.24. The second-order valence-corrected chi connectivity index (χ2v) is 4.72. The SMILES string of the molecule is O=C(O)CCSc1n[nH]c(COc2ccccc2)n1. The van der Waals surface area contributed by atoms with Crippen molar-refractivity contribution in [3.05, 3.63) is 36.2 Å². The number of rotatable bonds is 7. The van der Waals surface area contributed by atoms with Crippen molar-refractivity contribution in [2.75, 3.05) is 5.75 Å². The second-order valence-electron chi connectivity index (χ2n) is 3.66. The van der Waals surface area contributed by atoms with Gasteiger partial charge in [-0.2, -0.15) is 0 Å². The number of H-pyrrole nitrogens is 1. The molecule has 0 saturated carbocycles. The summed E-state index contributed by atoms with van der Waals surface area (Å²) in [5.41, 5.74) is 0. The molecule has 6 nitrogen and oxygen atoms in total. The number of benzene rings is 1. The normalized spacial score (nSPS) is 10.3. The van der Waals surface area contributed by atoms with Crippen LogP contribution < -0.4 is 4.74 Å². The van der Waals surface area contributed by atoms with Crippen molar-refractivity contribution in [2.45, 2.75) is 18.2 Å². The van der Waals surface area contributed by atoms with Crippen LogP contribution in [-0.2, 0) is 11.4 Å². The quantitative estimate of drug-likeness (QED) is 0.753. The minimum Gasteiger partial charge on any atom is -0.486 e. The maximum absolute atomic E-state index is 10.4. The highest BCUT2D eigenvalue weighted by atomic mass is 32.2. The predicted octanol–water partition coefficient (Wildman–Crippen LogP) is 1.95. The molecule has 7 heteroatoms. The Bertz CT molecular complexity index is 530. The standard InChI is InChI=1S/C12H13N3O3S/c16-11(17)6-7-19-12-13-10(14-15-12)8-18-9-4-2-1-3-5-9/h1-5H,6-8H2,(H,16,17)(H,13,14,15). The molecule has 0 saturated heterocycles. The van der Waals surface area contributed by atoms with Gasteiger partial charge >= 0.3 is 5.97 Å². The van der Waals surface area contributed by atoms with Gasteiger partial charge in [0.2, 0.25) is 5.16 Å². The van der Waals surface area contributed by atoms with Gasteiger partial charge in [-0.1, -0.05) is 30.0 Å². The number of para-hydroxylation sites is 1. The van der Waals surface area contributed by atoms with Crippen LogP contribution in [0.1, 0.15) is 12.2 Å². The zero-order valence-corrected chi connectivity index (χ0v) is 10.9. The number of aromatic amines is 1. The van der Waals surface area contributed by atoms with E-state index in [4.69, 9.17) is 9.84 Å². The van der Waals surface area contributed by atoms with E-state index < -0.39 is 5.97 Å². The summed E-state index contributed by atoms with van der Waals surface area (Å²) in [7, 11) is 0. The molecule has 2 rings (SSSR count). The van der Waals surface area contributed by atoms with E-state index in [0.29, 0.717) is 23.3 Å². The van der Waals surface area contributed by atoms with Crippen molar-refractivity contribution < 1.29 is 14.6 Å². The highest BCUT2D eigenvalue weighted by Crippen LogP contribution is 2.14. The molecule has 0 atom stereocenters. The number of carbonyl (C=O) groups is 1. The maximum Gasteiger partial charge on any atom is 0.304 e. The van der Waals surface area contributed by atoms with E-state index in [1.165, 1.54) is 11.8 Å². The van der Waals surface area contributed by atoms with Crippen LogP contribution in [0.2, 0.25) is 0 Å². The molecule has 1 aromatic carbocycles. The number of nitrogens with one attached hydrogen (secondary N) is 1. The van der Waals surface area contributed by atoms with Crippen molar-refractivity contribution in [1.29, 1.82) is 0 Å². The molecule has 0 radical (unpaired) electrons. The van der Waals surface area contributed by atoms with Gasteiger partial charge in [0.25, 0.3) is 0 Å². The minimum atomic E-state index is -0.823. The molecule has 100 valence electrons. The Hall–Kier alpha value is -2.02. The number of hydrogen-bond donors (Lipinski definition) is 2. The number of thioether (sulfide) groups is 1. The van der Waals surface area contributed by atoms with E-state index in [-0.39, 0.29) is 6.42 Å². The molecule has 2 aromatic rings. The van der Waals surface area contributed by atoms with Gasteiger partial charge < -0.3 is 9.84 Å². The molecule has 0 unspecified atom stereocenters. The molecule has 1 heterocycles. The van der Waals surface area contributed by atoms with E-state index in [9.17, 15) is 4.79 Å². The van der Waals surface area contributed by atoms with E-state index in [0.717, 1.165) is 5.75 Å². The summed E-state index contributed by atoms with van der Waals surface area (Å²) in [6, 6.07) is 9.42. The van der Waals surface area contributed by atoms with Crippen LogP contribution in [0.5, 0.6) is 5.75 Å². The highest BCUT2D eigenvalue weighted by molar-refractivity contribution is 7.99. The number of hydrogen-bond acceptors (Lipinski definition) is 5. The fourth-order valence-corrected chi connectivity index (χ4v) is 2.05. The second kappa shape index (κ2) is 6.79. The highest BCUT2D eigenvalue weighted by Gasteiger charge is 2.05. The van der Waals surface area contributed by atoms with Gasteiger partial charge in [-0.3, -0.25) is 9.89 Å². The van der Waals surface area contributed by atoms with E-state index in [2.05, 4.69) is 15.2 Å². The number of aliphatic carboxylic acids is 1. The molecule has 19 heavy (non-hydrogen) atoms. The Kier molecular flexibility index (Phi) is 4.79. The molecule has 0 amide bonds. The summed E-state index contributed by atoms with van der Waals surface area (Å²) in [5, 5.41) is 15.8. The molecule has 0 bridgehead atoms. The lowest BCUT2D eigenvalue weighted by atomic mass is 10.3. The summed E-state index contributed by atoms with van der Waals surface area (Å²) in [6.07, 6.45) is 0.0923. The molecule has 0 spiro atoms. The summed E-state index contributed by atoms with van der Waals surface area (Å²) in [5.74, 6) is 1.00. The summed E-state index contributed by atoms with van der Waals surface area (Å²) in [6.45, 7) is 0.302. The lowest BCUT2D eigenvalue weighted by Gasteiger charge is -2.02. The lowest BCUT2D eigenvalue weighted by molar-refractivity contribution is -0.136. The molecule has 2 N–H and O–H groups in total. The number of aromatic nitrogens is 3. The minimum absolute atomic E-state index is 0.0923. The third-order valence-corrected chi connectivity index (χ3v) is 3.03. The van der Waals surface area contributed by atoms with Gasteiger partial charge in [-0.15, -0.1) is 5.10 Å². The van der Waals surface area contributed by atoms with Crippen molar-refractivity contribution in [1.82, 2.24) is 15.2 Å². The van der Waals surface area contributed by atoms with Gasteiger partial charge in [0.05, 0.1) is 6.42 Å². The molecular formula is C12H13N3O3S. The number of carboxylic acid groups (broad SMARTS) is 1. The smallest absolute Gasteiger partial charge is 0.304 e. The topological polar surface area (TPSA) is 88.1 Å². The molecule has 0 fully saturated rings. The van der Waals surface area contributed by atoms with Crippen LogP contribution in [0, 0.1) is 0 Å². The van der Waals surface area contributed by atoms with E-state index in [1.807, 2.05) is 30.3 Å². The van der Waals surface area contributed by atoms with Crippen molar-refractivity contribution in [2.24, 2.45) is 0 Å². The third-order valence-electron chi connectivity index (χ3n) is 2.18. The first-order valence-electron chi connectivity index (χ1n) is 5.68. The van der Waals surface area contributed by atoms with Crippen molar-refractivity contribution in [3.8, 4) is 5.75 Å². The Morgan fingerprint density at radius 1 is 1.37 bits per heavy atom. The average molecular weight is 279 g/mol. The number of ether oxygens (including phenoxy) is 1. The molecule has 0 aliphatic carbocycles.